The second-order valence-electron chi connectivity index (χ2n) is 5.88. The largest absolute Gasteiger partial charge is 0.445 e. The SMILES string of the molecule is O=C(OCc1cc(Cl)cc(Cl)c1)N1C[C@H]2C[C@@H](O)C[C@H]2C1. The lowest BCUT2D eigenvalue weighted by atomic mass is 10.0. The highest BCUT2D eigenvalue weighted by molar-refractivity contribution is 6.34. The van der Waals surface area contributed by atoms with Crippen LogP contribution in [0.2, 0.25) is 10.0 Å². The normalized spacial score (nSPS) is 27.8. The van der Waals surface area contributed by atoms with E-state index in [1.54, 1.807) is 23.1 Å². The van der Waals surface area contributed by atoms with Gasteiger partial charge in [-0.2, -0.15) is 0 Å². The second kappa shape index (κ2) is 6.03. The zero-order valence-corrected chi connectivity index (χ0v) is 13.0. The maximum Gasteiger partial charge on any atom is 0.410 e. The summed E-state index contributed by atoms with van der Waals surface area (Å²) in [7, 11) is 0. The minimum atomic E-state index is -0.310. The van der Waals surface area contributed by atoms with E-state index in [1.807, 2.05) is 0 Å². The Bertz CT molecular complexity index is 517. The van der Waals surface area contributed by atoms with Gasteiger partial charge >= 0.3 is 6.09 Å². The summed E-state index contributed by atoms with van der Waals surface area (Å²) in [5, 5.41) is 10.7. The summed E-state index contributed by atoms with van der Waals surface area (Å²) in [4.78, 5) is 13.8. The summed E-state index contributed by atoms with van der Waals surface area (Å²) in [5.74, 6) is 0.821. The van der Waals surface area contributed by atoms with E-state index in [-0.39, 0.29) is 18.8 Å². The molecule has 1 amide bonds. The third-order valence-corrected chi connectivity index (χ3v) is 4.71. The number of carbonyl (C=O) groups excluding carboxylic acids is 1. The number of likely N-dealkylation sites (tertiary alicyclic amines) is 1. The van der Waals surface area contributed by atoms with Crippen molar-refractivity contribution in [1.82, 2.24) is 4.90 Å². The van der Waals surface area contributed by atoms with Crippen molar-refractivity contribution in [2.24, 2.45) is 11.8 Å². The highest BCUT2D eigenvalue weighted by Crippen LogP contribution is 2.38. The van der Waals surface area contributed by atoms with Gasteiger partial charge in [0.1, 0.15) is 6.61 Å². The molecule has 21 heavy (non-hydrogen) atoms. The number of amides is 1. The Morgan fingerprint density at radius 3 is 2.33 bits per heavy atom. The predicted molar refractivity (Wildman–Crippen MR) is 80.4 cm³/mol. The molecule has 6 heteroatoms. The van der Waals surface area contributed by atoms with Crippen LogP contribution in [-0.2, 0) is 11.3 Å². The Morgan fingerprint density at radius 2 is 1.76 bits per heavy atom. The number of ether oxygens (including phenoxy) is 1. The minimum absolute atomic E-state index is 0.160. The Kier molecular flexibility index (Phi) is 4.29. The Labute approximate surface area is 133 Å². The lowest BCUT2D eigenvalue weighted by Gasteiger charge is -2.18. The van der Waals surface area contributed by atoms with Crippen molar-refractivity contribution in [3.63, 3.8) is 0 Å². The van der Waals surface area contributed by atoms with E-state index in [9.17, 15) is 9.90 Å². The summed E-state index contributed by atoms with van der Waals surface area (Å²) in [6.45, 7) is 1.52. The molecule has 1 N–H and O–H groups in total. The fraction of sp³-hybridized carbons (Fsp3) is 0.533. The molecule has 0 aromatic heterocycles. The molecule has 1 saturated carbocycles. The zero-order chi connectivity index (χ0) is 15.0. The van der Waals surface area contributed by atoms with Gasteiger partial charge in [0.05, 0.1) is 6.10 Å². The summed E-state index contributed by atoms with van der Waals surface area (Å²) in [5.41, 5.74) is 0.774. The van der Waals surface area contributed by atoms with Crippen LogP contribution in [-0.4, -0.2) is 35.3 Å². The molecule has 3 rings (SSSR count). The lowest BCUT2D eigenvalue weighted by molar-refractivity contribution is 0.0972. The number of carbonyl (C=O) groups is 1. The van der Waals surface area contributed by atoms with E-state index in [2.05, 4.69) is 0 Å². The first-order chi connectivity index (χ1) is 10.0. The molecule has 2 aliphatic rings. The highest BCUT2D eigenvalue weighted by atomic mass is 35.5. The molecule has 2 fully saturated rings. The van der Waals surface area contributed by atoms with E-state index in [4.69, 9.17) is 27.9 Å². The third kappa shape index (κ3) is 3.44. The molecule has 1 aromatic rings. The number of nitrogens with zero attached hydrogens (tertiary/aromatic N) is 1. The monoisotopic (exact) mass is 329 g/mol. The van der Waals surface area contributed by atoms with E-state index in [0.717, 1.165) is 18.4 Å². The van der Waals surface area contributed by atoms with E-state index >= 15 is 0 Å². The molecule has 0 radical (unpaired) electrons. The zero-order valence-electron chi connectivity index (χ0n) is 11.5. The van der Waals surface area contributed by atoms with Gasteiger partial charge in [0.25, 0.3) is 0 Å². The molecular weight excluding hydrogens is 313 g/mol. The minimum Gasteiger partial charge on any atom is -0.445 e. The first-order valence-corrected chi connectivity index (χ1v) is 7.81. The predicted octanol–water partition coefficient (Wildman–Crippen LogP) is 3.33. The second-order valence-corrected chi connectivity index (χ2v) is 6.76. The molecule has 0 spiro atoms. The van der Waals surface area contributed by atoms with Gasteiger partial charge in [0.2, 0.25) is 0 Å². The standard InChI is InChI=1S/C15H17Cl2NO3/c16-12-1-9(2-13(17)5-12)8-21-15(20)18-6-10-3-14(19)4-11(10)7-18/h1-2,5,10-11,14,19H,3-4,6-8H2/t10-,11+,14-. The van der Waals surface area contributed by atoms with E-state index in [0.29, 0.717) is 35.0 Å². The van der Waals surface area contributed by atoms with Crippen LogP contribution in [0.4, 0.5) is 4.79 Å². The third-order valence-electron chi connectivity index (χ3n) is 4.27. The van der Waals surface area contributed by atoms with Gasteiger partial charge in [0, 0.05) is 23.1 Å². The molecular formula is C15H17Cl2NO3. The van der Waals surface area contributed by atoms with Crippen molar-refractivity contribution < 1.29 is 14.6 Å². The number of rotatable bonds is 2. The van der Waals surface area contributed by atoms with Crippen LogP contribution in [0.3, 0.4) is 0 Å². The van der Waals surface area contributed by atoms with Crippen LogP contribution in [0, 0.1) is 11.8 Å². The van der Waals surface area contributed by atoms with Crippen molar-refractivity contribution in [2.45, 2.75) is 25.6 Å². The van der Waals surface area contributed by atoms with Crippen LogP contribution in [0.25, 0.3) is 0 Å². The summed E-state index contributed by atoms with van der Waals surface area (Å²) < 4.78 is 5.32. The fourth-order valence-electron chi connectivity index (χ4n) is 3.35. The Hall–Kier alpha value is -0.970. The number of hydrogen-bond donors (Lipinski definition) is 1. The van der Waals surface area contributed by atoms with Gasteiger partial charge in [-0.05, 0) is 48.4 Å². The van der Waals surface area contributed by atoms with Gasteiger partial charge in [0.15, 0.2) is 0 Å². The molecule has 4 nitrogen and oxygen atoms in total. The first kappa shape index (κ1) is 14.9. The van der Waals surface area contributed by atoms with Gasteiger partial charge in [-0.15, -0.1) is 0 Å². The average molecular weight is 330 g/mol. The van der Waals surface area contributed by atoms with Crippen LogP contribution >= 0.6 is 23.2 Å². The molecule has 1 aromatic carbocycles. The van der Waals surface area contributed by atoms with E-state index < -0.39 is 0 Å². The molecule has 1 heterocycles. The number of hydrogen-bond acceptors (Lipinski definition) is 3. The van der Waals surface area contributed by atoms with Gasteiger partial charge in [-0.3, -0.25) is 0 Å². The van der Waals surface area contributed by atoms with Crippen molar-refractivity contribution in [3.8, 4) is 0 Å². The number of aliphatic hydroxyl groups is 1. The highest BCUT2D eigenvalue weighted by Gasteiger charge is 2.42. The quantitative estimate of drug-likeness (QED) is 0.905. The van der Waals surface area contributed by atoms with E-state index in [1.165, 1.54) is 0 Å². The Balaban J connectivity index is 1.53. The number of halogens is 2. The molecule has 114 valence electrons. The topological polar surface area (TPSA) is 49.8 Å². The number of fused-ring (bicyclic) bond motifs is 1. The molecule has 1 saturated heterocycles. The van der Waals surface area contributed by atoms with Crippen molar-refractivity contribution >= 4 is 29.3 Å². The van der Waals surface area contributed by atoms with Crippen LogP contribution in [0.5, 0.6) is 0 Å². The van der Waals surface area contributed by atoms with Gasteiger partial charge in [-0.1, -0.05) is 23.2 Å². The Morgan fingerprint density at radius 1 is 1.19 bits per heavy atom. The van der Waals surface area contributed by atoms with Crippen molar-refractivity contribution in [3.05, 3.63) is 33.8 Å². The number of benzene rings is 1. The number of aliphatic hydroxyl groups excluding tert-OH is 1. The maximum atomic E-state index is 12.1. The molecule has 1 aliphatic heterocycles. The lowest BCUT2D eigenvalue weighted by Crippen LogP contribution is -2.30. The van der Waals surface area contributed by atoms with Crippen LogP contribution in [0.1, 0.15) is 18.4 Å². The molecule has 1 aliphatic carbocycles. The summed E-state index contributed by atoms with van der Waals surface area (Å²) in [6.07, 6.45) is 1.07. The maximum absolute atomic E-state index is 12.1. The summed E-state index contributed by atoms with van der Waals surface area (Å²) in [6, 6.07) is 5.10. The average Bonchev–Trinajstić information content (AvgIpc) is 2.92. The summed E-state index contributed by atoms with van der Waals surface area (Å²) >= 11 is 11.8. The fourth-order valence-corrected chi connectivity index (χ4v) is 3.92. The van der Waals surface area contributed by atoms with Gasteiger partial charge in [-0.25, -0.2) is 4.79 Å². The van der Waals surface area contributed by atoms with Gasteiger partial charge < -0.3 is 14.7 Å². The van der Waals surface area contributed by atoms with Crippen molar-refractivity contribution in [2.75, 3.05) is 13.1 Å². The first-order valence-electron chi connectivity index (χ1n) is 7.06. The molecule has 0 bridgehead atoms. The molecule has 3 atom stereocenters. The van der Waals surface area contributed by atoms with Crippen molar-refractivity contribution in [1.29, 1.82) is 0 Å². The van der Waals surface area contributed by atoms with Crippen LogP contribution in [0.15, 0.2) is 18.2 Å². The molecule has 0 unspecified atom stereocenters. The van der Waals surface area contributed by atoms with Crippen LogP contribution < -0.4 is 0 Å². The smallest absolute Gasteiger partial charge is 0.410 e.